The van der Waals surface area contributed by atoms with E-state index >= 15 is 0 Å². The van der Waals surface area contributed by atoms with E-state index in [1.165, 1.54) is 11.1 Å². The summed E-state index contributed by atoms with van der Waals surface area (Å²) in [7, 11) is 0. The van der Waals surface area contributed by atoms with Gasteiger partial charge in [-0.3, -0.25) is 4.79 Å². The molecular formula is C24H31NO. The van der Waals surface area contributed by atoms with Gasteiger partial charge in [-0.2, -0.15) is 0 Å². The maximum absolute atomic E-state index is 13.3. The molecule has 2 heteroatoms. The zero-order valence-electron chi connectivity index (χ0n) is 16.8. The third-order valence-corrected chi connectivity index (χ3v) is 5.91. The topological polar surface area (TPSA) is 20.3 Å². The fourth-order valence-corrected chi connectivity index (χ4v) is 4.76. The Hall–Kier alpha value is -2.09. The van der Waals surface area contributed by atoms with E-state index in [-0.39, 0.29) is 22.8 Å². The summed E-state index contributed by atoms with van der Waals surface area (Å²) in [4.78, 5) is 15.4. The number of para-hydroxylation sites is 1. The lowest BCUT2D eigenvalue weighted by Gasteiger charge is -2.52. The minimum atomic E-state index is -0.238. The molecule has 0 bridgehead atoms. The Bertz CT molecular complexity index is 780. The molecule has 0 saturated heterocycles. The molecule has 1 aliphatic heterocycles. The molecule has 2 aromatic carbocycles. The summed E-state index contributed by atoms with van der Waals surface area (Å²) >= 11 is 0. The van der Waals surface area contributed by atoms with Crippen LogP contribution in [-0.2, 0) is 10.2 Å². The maximum atomic E-state index is 13.3. The fourth-order valence-electron chi connectivity index (χ4n) is 4.76. The highest BCUT2D eigenvalue weighted by Crippen LogP contribution is 2.50. The third kappa shape index (κ3) is 3.06. The standard InChI is InChI=1S/C24H31NO/c1-6-12-18(2)22(26)25-21-16-11-10-15-20(21)24(5,17-23(25,3)4)19-13-8-7-9-14-19/h7-11,13-16,18H,6,12,17H2,1-5H3/t18-,24+/m0/s1. The Morgan fingerprint density at radius 3 is 2.31 bits per heavy atom. The average Bonchev–Trinajstić information content (AvgIpc) is 2.62. The van der Waals surface area contributed by atoms with E-state index in [4.69, 9.17) is 0 Å². The van der Waals surface area contributed by atoms with Crippen molar-refractivity contribution in [3.63, 3.8) is 0 Å². The monoisotopic (exact) mass is 349 g/mol. The molecule has 0 aliphatic carbocycles. The Labute approximate surface area is 158 Å². The molecule has 138 valence electrons. The Morgan fingerprint density at radius 2 is 1.65 bits per heavy atom. The number of anilines is 1. The van der Waals surface area contributed by atoms with E-state index in [1.54, 1.807) is 0 Å². The molecular weight excluding hydrogens is 318 g/mol. The van der Waals surface area contributed by atoms with E-state index in [9.17, 15) is 4.79 Å². The second-order valence-corrected chi connectivity index (χ2v) is 8.57. The number of carbonyl (C=O) groups is 1. The first-order chi connectivity index (χ1) is 12.3. The van der Waals surface area contributed by atoms with Gasteiger partial charge in [0.25, 0.3) is 0 Å². The van der Waals surface area contributed by atoms with Crippen LogP contribution in [0.15, 0.2) is 54.6 Å². The van der Waals surface area contributed by atoms with Gasteiger partial charge in [-0.05, 0) is 43.9 Å². The number of amides is 1. The van der Waals surface area contributed by atoms with Gasteiger partial charge in [0.1, 0.15) is 0 Å². The molecule has 0 fully saturated rings. The second-order valence-electron chi connectivity index (χ2n) is 8.57. The van der Waals surface area contributed by atoms with Gasteiger partial charge in [-0.1, -0.05) is 75.7 Å². The van der Waals surface area contributed by atoms with Crippen LogP contribution < -0.4 is 4.90 Å². The predicted octanol–water partition coefficient (Wildman–Crippen LogP) is 5.94. The Kier molecular flexibility index (Phi) is 4.96. The second kappa shape index (κ2) is 6.90. The molecule has 0 spiro atoms. The zero-order valence-corrected chi connectivity index (χ0v) is 16.8. The van der Waals surface area contributed by atoms with Crippen molar-refractivity contribution in [3.8, 4) is 0 Å². The normalized spacial score (nSPS) is 22.6. The van der Waals surface area contributed by atoms with Gasteiger partial charge in [0.05, 0.1) is 0 Å². The summed E-state index contributed by atoms with van der Waals surface area (Å²) < 4.78 is 0. The lowest BCUT2D eigenvalue weighted by Crippen LogP contribution is -2.57. The number of hydrogen-bond donors (Lipinski definition) is 0. The van der Waals surface area contributed by atoms with Gasteiger partial charge >= 0.3 is 0 Å². The number of rotatable bonds is 4. The first-order valence-electron chi connectivity index (χ1n) is 9.80. The zero-order chi connectivity index (χ0) is 18.9. The van der Waals surface area contributed by atoms with Crippen LogP contribution in [0, 0.1) is 5.92 Å². The SMILES string of the molecule is CCC[C@H](C)C(=O)N1c2ccccc2[C@@](C)(c2ccccc2)CC1(C)C. The molecule has 3 rings (SSSR count). The molecule has 0 saturated carbocycles. The molecule has 0 N–H and O–H groups in total. The Balaban J connectivity index is 2.15. The van der Waals surface area contributed by atoms with Crippen molar-refractivity contribution in [1.29, 1.82) is 0 Å². The number of fused-ring (bicyclic) bond motifs is 1. The number of nitrogens with zero attached hydrogens (tertiary/aromatic N) is 1. The van der Waals surface area contributed by atoms with E-state index in [1.807, 2.05) is 0 Å². The van der Waals surface area contributed by atoms with Crippen LogP contribution >= 0.6 is 0 Å². The van der Waals surface area contributed by atoms with Crippen LogP contribution in [0.1, 0.15) is 65.0 Å². The first-order valence-corrected chi connectivity index (χ1v) is 9.80. The molecule has 26 heavy (non-hydrogen) atoms. The van der Waals surface area contributed by atoms with E-state index in [2.05, 4.69) is 94.1 Å². The molecule has 1 aliphatic rings. The minimum Gasteiger partial charge on any atom is -0.306 e. The van der Waals surface area contributed by atoms with Gasteiger partial charge < -0.3 is 4.90 Å². The highest BCUT2D eigenvalue weighted by Gasteiger charge is 2.48. The molecule has 0 aromatic heterocycles. The maximum Gasteiger partial charge on any atom is 0.230 e. The van der Waals surface area contributed by atoms with Crippen LogP contribution in [0.5, 0.6) is 0 Å². The summed E-state index contributed by atoms with van der Waals surface area (Å²) in [5.41, 5.74) is 3.30. The molecule has 0 unspecified atom stereocenters. The van der Waals surface area contributed by atoms with Crippen LogP contribution in [0.3, 0.4) is 0 Å². The van der Waals surface area contributed by atoms with Crippen molar-refractivity contribution in [3.05, 3.63) is 65.7 Å². The number of hydrogen-bond acceptors (Lipinski definition) is 1. The van der Waals surface area contributed by atoms with E-state index in [0.29, 0.717) is 0 Å². The molecule has 2 atom stereocenters. The molecule has 1 amide bonds. The molecule has 0 radical (unpaired) electrons. The highest BCUT2D eigenvalue weighted by molar-refractivity contribution is 5.98. The molecule has 2 nitrogen and oxygen atoms in total. The van der Waals surface area contributed by atoms with Crippen molar-refractivity contribution in [2.24, 2.45) is 5.92 Å². The van der Waals surface area contributed by atoms with Crippen molar-refractivity contribution in [2.75, 3.05) is 4.90 Å². The minimum absolute atomic E-state index is 0.0495. The summed E-state index contributed by atoms with van der Waals surface area (Å²) in [5.74, 6) is 0.299. The highest BCUT2D eigenvalue weighted by atomic mass is 16.2. The third-order valence-electron chi connectivity index (χ3n) is 5.91. The smallest absolute Gasteiger partial charge is 0.230 e. The fraction of sp³-hybridized carbons (Fsp3) is 0.458. The van der Waals surface area contributed by atoms with Gasteiger partial charge in [-0.15, -0.1) is 0 Å². The van der Waals surface area contributed by atoms with Crippen LogP contribution in [0.4, 0.5) is 5.69 Å². The summed E-state index contributed by atoms with van der Waals surface area (Å²) in [6.07, 6.45) is 2.87. The molecule has 1 heterocycles. The average molecular weight is 350 g/mol. The summed E-state index contributed by atoms with van der Waals surface area (Å²) in [6.45, 7) is 10.9. The largest absolute Gasteiger partial charge is 0.306 e. The Morgan fingerprint density at radius 1 is 1.04 bits per heavy atom. The van der Waals surface area contributed by atoms with Crippen LogP contribution in [-0.4, -0.2) is 11.4 Å². The summed E-state index contributed by atoms with van der Waals surface area (Å²) in [5, 5.41) is 0. The van der Waals surface area contributed by atoms with Crippen LogP contribution in [0.25, 0.3) is 0 Å². The van der Waals surface area contributed by atoms with Gasteiger partial charge in [-0.25, -0.2) is 0 Å². The number of benzene rings is 2. The summed E-state index contributed by atoms with van der Waals surface area (Å²) in [6, 6.07) is 19.2. The van der Waals surface area contributed by atoms with Crippen LogP contribution in [0.2, 0.25) is 0 Å². The van der Waals surface area contributed by atoms with E-state index in [0.717, 1.165) is 24.9 Å². The van der Waals surface area contributed by atoms with Crippen molar-refractivity contribution in [1.82, 2.24) is 0 Å². The van der Waals surface area contributed by atoms with E-state index < -0.39 is 0 Å². The van der Waals surface area contributed by atoms with Crippen molar-refractivity contribution >= 4 is 11.6 Å². The predicted molar refractivity (Wildman–Crippen MR) is 110 cm³/mol. The van der Waals surface area contributed by atoms with Crippen molar-refractivity contribution < 1.29 is 4.79 Å². The lowest BCUT2D eigenvalue weighted by atomic mass is 9.65. The van der Waals surface area contributed by atoms with Gasteiger partial charge in [0.15, 0.2) is 0 Å². The quantitative estimate of drug-likeness (QED) is 0.668. The number of carbonyl (C=O) groups excluding carboxylic acids is 1. The first kappa shape index (κ1) is 18.7. The van der Waals surface area contributed by atoms with Gasteiger partial charge in [0.2, 0.25) is 5.91 Å². The lowest BCUT2D eigenvalue weighted by molar-refractivity contribution is -0.123. The van der Waals surface area contributed by atoms with Gasteiger partial charge in [0, 0.05) is 22.6 Å². The molecule has 2 aromatic rings. The van der Waals surface area contributed by atoms with Crippen molar-refractivity contribution in [2.45, 2.75) is 64.8 Å².